The fourth-order valence-corrected chi connectivity index (χ4v) is 2.59. The van der Waals surface area contributed by atoms with E-state index < -0.39 is 17.7 Å². The third-order valence-electron chi connectivity index (χ3n) is 3.94. The first kappa shape index (κ1) is 15.7. The second-order valence-electron chi connectivity index (χ2n) is 5.51. The van der Waals surface area contributed by atoms with Crippen molar-refractivity contribution in [3.63, 3.8) is 0 Å². The Kier molecular flexibility index (Phi) is 5.12. The minimum absolute atomic E-state index is 0.0920. The van der Waals surface area contributed by atoms with Crippen LogP contribution in [0.5, 0.6) is 0 Å². The number of halogens is 2. The van der Waals surface area contributed by atoms with Crippen molar-refractivity contribution in [2.75, 3.05) is 6.54 Å². The number of carbonyl (C=O) groups excluding carboxylic acids is 1. The van der Waals surface area contributed by atoms with E-state index in [4.69, 9.17) is 0 Å². The summed E-state index contributed by atoms with van der Waals surface area (Å²) in [5.41, 5.74) is 0.491. The Hall–Kier alpha value is -1.69. The molecule has 2 rings (SSSR count). The van der Waals surface area contributed by atoms with Gasteiger partial charge in [0, 0.05) is 12.5 Å². The Morgan fingerprint density at radius 3 is 2.76 bits per heavy atom. The van der Waals surface area contributed by atoms with E-state index in [-0.39, 0.29) is 18.1 Å². The lowest BCUT2D eigenvalue weighted by atomic mass is 10.1. The maximum atomic E-state index is 13.1. The lowest BCUT2D eigenvalue weighted by Crippen LogP contribution is -2.40. The van der Waals surface area contributed by atoms with Crippen LogP contribution in [-0.4, -0.2) is 23.8 Å². The van der Waals surface area contributed by atoms with Crippen molar-refractivity contribution >= 4 is 6.03 Å². The van der Waals surface area contributed by atoms with Crippen LogP contribution in [0, 0.1) is 17.6 Å². The van der Waals surface area contributed by atoms with Gasteiger partial charge in [-0.1, -0.05) is 12.5 Å². The van der Waals surface area contributed by atoms with Gasteiger partial charge in [0.25, 0.3) is 0 Å². The Morgan fingerprint density at radius 1 is 1.38 bits per heavy atom. The molecule has 3 N–H and O–H groups in total. The van der Waals surface area contributed by atoms with Crippen molar-refractivity contribution in [1.29, 1.82) is 0 Å². The maximum absolute atomic E-state index is 13.1. The molecule has 1 aliphatic rings. The molecule has 1 aromatic carbocycles. The van der Waals surface area contributed by atoms with E-state index in [2.05, 4.69) is 10.6 Å². The first-order valence-corrected chi connectivity index (χ1v) is 7.14. The Morgan fingerprint density at radius 2 is 2.14 bits per heavy atom. The minimum atomic E-state index is -0.935. The summed E-state index contributed by atoms with van der Waals surface area (Å²) in [6.45, 7) is 2.11. The zero-order valence-electron chi connectivity index (χ0n) is 11.9. The predicted molar refractivity (Wildman–Crippen MR) is 74.7 cm³/mol. The molecule has 1 aromatic rings. The zero-order chi connectivity index (χ0) is 15.4. The number of rotatable bonds is 4. The highest BCUT2D eigenvalue weighted by atomic mass is 19.2. The number of hydrogen-bond acceptors (Lipinski definition) is 2. The van der Waals surface area contributed by atoms with Crippen LogP contribution in [0.15, 0.2) is 18.2 Å². The number of carbonyl (C=O) groups is 1. The van der Waals surface area contributed by atoms with Gasteiger partial charge in [-0.05, 0) is 37.5 Å². The highest BCUT2D eigenvalue weighted by Gasteiger charge is 2.25. The molecule has 116 valence electrons. The summed E-state index contributed by atoms with van der Waals surface area (Å²) < 4.78 is 26.0. The lowest BCUT2D eigenvalue weighted by Gasteiger charge is -2.18. The van der Waals surface area contributed by atoms with E-state index in [0.717, 1.165) is 31.4 Å². The summed E-state index contributed by atoms with van der Waals surface area (Å²) in [5, 5.41) is 15.0. The average molecular weight is 298 g/mol. The van der Waals surface area contributed by atoms with Gasteiger partial charge in [-0.3, -0.25) is 0 Å². The molecule has 3 atom stereocenters. The number of aliphatic hydroxyl groups is 1. The summed E-state index contributed by atoms with van der Waals surface area (Å²) in [5.74, 6) is -1.75. The van der Waals surface area contributed by atoms with Crippen molar-refractivity contribution in [2.24, 2.45) is 5.92 Å². The predicted octanol–water partition coefficient (Wildman–Crippen LogP) is 2.49. The SMILES string of the molecule is C[C@H](NC(=O)NC[C@@H]1CCC[C@H]1O)c1ccc(F)c(F)c1. The molecule has 0 spiro atoms. The van der Waals surface area contributed by atoms with E-state index in [1.807, 2.05) is 0 Å². The van der Waals surface area contributed by atoms with Gasteiger partial charge in [-0.2, -0.15) is 0 Å². The lowest BCUT2D eigenvalue weighted by molar-refractivity contribution is 0.132. The van der Waals surface area contributed by atoms with Crippen LogP contribution in [-0.2, 0) is 0 Å². The molecule has 0 aromatic heterocycles. The van der Waals surface area contributed by atoms with E-state index in [0.29, 0.717) is 12.1 Å². The smallest absolute Gasteiger partial charge is 0.315 e. The number of urea groups is 1. The normalized spacial score (nSPS) is 22.9. The topological polar surface area (TPSA) is 61.4 Å². The molecular formula is C15H20F2N2O2. The van der Waals surface area contributed by atoms with Crippen molar-refractivity contribution in [3.05, 3.63) is 35.4 Å². The second-order valence-corrected chi connectivity index (χ2v) is 5.51. The van der Waals surface area contributed by atoms with Crippen molar-refractivity contribution in [2.45, 2.75) is 38.3 Å². The maximum Gasteiger partial charge on any atom is 0.315 e. The molecule has 0 bridgehead atoms. The molecule has 1 saturated carbocycles. The fourth-order valence-electron chi connectivity index (χ4n) is 2.59. The first-order chi connectivity index (χ1) is 9.97. The van der Waals surface area contributed by atoms with Gasteiger partial charge in [0.1, 0.15) is 0 Å². The van der Waals surface area contributed by atoms with E-state index >= 15 is 0 Å². The summed E-state index contributed by atoms with van der Waals surface area (Å²) in [6.07, 6.45) is 2.30. The number of nitrogens with one attached hydrogen (secondary N) is 2. The van der Waals surface area contributed by atoms with Gasteiger partial charge < -0.3 is 15.7 Å². The van der Waals surface area contributed by atoms with Gasteiger partial charge >= 0.3 is 6.03 Å². The van der Waals surface area contributed by atoms with Crippen molar-refractivity contribution in [1.82, 2.24) is 10.6 Å². The van der Waals surface area contributed by atoms with Crippen LogP contribution < -0.4 is 10.6 Å². The summed E-state index contributed by atoms with van der Waals surface area (Å²) in [7, 11) is 0. The average Bonchev–Trinajstić information content (AvgIpc) is 2.85. The highest BCUT2D eigenvalue weighted by Crippen LogP contribution is 2.24. The first-order valence-electron chi connectivity index (χ1n) is 7.14. The van der Waals surface area contributed by atoms with Crippen LogP contribution in [0.25, 0.3) is 0 Å². The van der Waals surface area contributed by atoms with Gasteiger partial charge in [-0.25, -0.2) is 13.6 Å². The van der Waals surface area contributed by atoms with Gasteiger partial charge in [0.2, 0.25) is 0 Å². The molecule has 0 heterocycles. The number of hydrogen-bond donors (Lipinski definition) is 3. The fraction of sp³-hybridized carbons (Fsp3) is 0.533. The molecule has 1 fully saturated rings. The molecule has 0 aliphatic heterocycles. The van der Waals surface area contributed by atoms with Crippen molar-refractivity contribution < 1.29 is 18.7 Å². The van der Waals surface area contributed by atoms with Crippen LogP contribution in [0.4, 0.5) is 13.6 Å². The van der Waals surface area contributed by atoms with Crippen LogP contribution in [0.2, 0.25) is 0 Å². The number of amides is 2. The minimum Gasteiger partial charge on any atom is -0.393 e. The molecule has 0 radical (unpaired) electrons. The monoisotopic (exact) mass is 298 g/mol. The third kappa shape index (κ3) is 4.14. The van der Waals surface area contributed by atoms with Gasteiger partial charge in [0.05, 0.1) is 12.1 Å². The van der Waals surface area contributed by atoms with E-state index in [1.54, 1.807) is 6.92 Å². The Bertz CT molecular complexity index is 510. The van der Waals surface area contributed by atoms with Crippen LogP contribution in [0.1, 0.15) is 37.8 Å². The molecule has 2 amide bonds. The molecule has 1 aliphatic carbocycles. The quantitative estimate of drug-likeness (QED) is 0.800. The zero-order valence-corrected chi connectivity index (χ0v) is 11.9. The molecule has 6 heteroatoms. The highest BCUT2D eigenvalue weighted by molar-refractivity contribution is 5.74. The number of aliphatic hydroxyl groups excluding tert-OH is 1. The van der Waals surface area contributed by atoms with Gasteiger partial charge in [-0.15, -0.1) is 0 Å². The number of benzene rings is 1. The molecule has 0 unspecified atom stereocenters. The van der Waals surface area contributed by atoms with E-state index in [9.17, 15) is 18.7 Å². The van der Waals surface area contributed by atoms with Crippen molar-refractivity contribution in [3.8, 4) is 0 Å². The molecular weight excluding hydrogens is 278 g/mol. The molecule has 4 nitrogen and oxygen atoms in total. The third-order valence-corrected chi connectivity index (χ3v) is 3.94. The second kappa shape index (κ2) is 6.85. The summed E-state index contributed by atoms with van der Waals surface area (Å²) in [6, 6.07) is 2.72. The largest absolute Gasteiger partial charge is 0.393 e. The van der Waals surface area contributed by atoms with Crippen LogP contribution >= 0.6 is 0 Å². The van der Waals surface area contributed by atoms with Gasteiger partial charge in [0.15, 0.2) is 11.6 Å². The molecule has 0 saturated heterocycles. The Labute approximate surface area is 122 Å². The summed E-state index contributed by atoms with van der Waals surface area (Å²) >= 11 is 0. The molecule has 21 heavy (non-hydrogen) atoms. The summed E-state index contributed by atoms with van der Waals surface area (Å²) in [4.78, 5) is 11.8. The Balaban J connectivity index is 1.82. The van der Waals surface area contributed by atoms with Crippen LogP contribution in [0.3, 0.4) is 0 Å². The van der Waals surface area contributed by atoms with E-state index in [1.165, 1.54) is 6.07 Å². The standard InChI is InChI=1S/C15H20F2N2O2/c1-9(10-5-6-12(16)13(17)7-10)19-15(21)18-8-11-3-2-4-14(11)20/h5-7,9,11,14,20H,2-4,8H2,1H3,(H2,18,19,21)/t9-,11-,14+/m0/s1.